The van der Waals surface area contributed by atoms with Crippen molar-refractivity contribution in [3.05, 3.63) is 0 Å². The van der Waals surface area contributed by atoms with Crippen LogP contribution in [0.25, 0.3) is 0 Å². The van der Waals surface area contributed by atoms with Crippen LogP contribution in [0.2, 0.25) is 0 Å². The fourth-order valence-electron chi connectivity index (χ4n) is 11.7. The highest BCUT2D eigenvalue weighted by molar-refractivity contribution is 5.85. The van der Waals surface area contributed by atoms with Gasteiger partial charge in [0.1, 0.15) is 12.1 Å². The summed E-state index contributed by atoms with van der Waals surface area (Å²) in [6.07, 6.45) is 14.5. The molecule has 5 fully saturated rings. The van der Waals surface area contributed by atoms with Crippen LogP contribution < -0.4 is 0 Å². The van der Waals surface area contributed by atoms with Gasteiger partial charge in [-0.2, -0.15) is 0 Å². The van der Waals surface area contributed by atoms with E-state index in [-0.39, 0.29) is 16.2 Å². The first-order valence-corrected chi connectivity index (χ1v) is 14.4. The van der Waals surface area contributed by atoms with Crippen molar-refractivity contribution in [2.75, 3.05) is 0 Å². The zero-order valence-electron chi connectivity index (χ0n) is 22.6. The normalized spacial score (nSPS) is 53.1. The number of ketones is 1. The van der Waals surface area contributed by atoms with Gasteiger partial charge in [-0.25, -0.2) is 0 Å². The molecule has 0 bridgehead atoms. The molecule has 0 amide bonds. The molecule has 5 rings (SSSR count). The highest BCUT2D eigenvalue weighted by Gasteiger charge is 2.70. The predicted octanol–water partition coefficient (Wildman–Crippen LogP) is 7.88. The summed E-state index contributed by atoms with van der Waals surface area (Å²) in [4.78, 5) is 25.6. The first kappa shape index (κ1) is 24.1. The zero-order valence-corrected chi connectivity index (χ0v) is 22.6. The topological polar surface area (TPSA) is 34.1 Å². The van der Waals surface area contributed by atoms with Crippen LogP contribution in [0.5, 0.6) is 0 Å². The maximum Gasteiger partial charge on any atom is 0.138 e. The quantitative estimate of drug-likeness (QED) is 0.406. The number of rotatable bonds is 3. The Hall–Kier alpha value is -0.660. The number of fused-ring (bicyclic) bond motifs is 7. The fraction of sp³-hybridized carbons (Fsp3) is 0.935. The van der Waals surface area contributed by atoms with Gasteiger partial charge in [0.2, 0.25) is 0 Å². The van der Waals surface area contributed by atoms with Crippen LogP contribution in [0, 0.1) is 62.6 Å². The third-order valence-corrected chi connectivity index (χ3v) is 13.4. The highest BCUT2D eigenvalue weighted by Crippen LogP contribution is 2.77. The first-order valence-electron chi connectivity index (χ1n) is 14.4. The lowest BCUT2D eigenvalue weighted by Gasteiger charge is -2.72. The van der Waals surface area contributed by atoms with Crippen LogP contribution in [-0.4, -0.2) is 12.1 Å². The summed E-state index contributed by atoms with van der Waals surface area (Å²) >= 11 is 0. The summed E-state index contributed by atoms with van der Waals surface area (Å²) in [5.74, 6) is 4.50. The molecule has 5 aliphatic carbocycles. The van der Waals surface area contributed by atoms with Gasteiger partial charge in [0.25, 0.3) is 0 Å². The lowest BCUT2D eigenvalue weighted by Crippen LogP contribution is -2.66. The molecular formula is C31H50O2. The molecule has 0 heterocycles. The van der Waals surface area contributed by atoms with Gasteiger partial charge in [0.05, 0.1) is 0 Å². The van der Waals surface area contributed by atoms with Gasteiger partial charge < -0.3 is 4.79 Å². The SMILES string of the molecule is CC(C)CC1CCC2(C=O)CCC3(C)C(CCC4C5(C)CCC(=O)C(C)(C)C5CCC43C)C12. The predicted molar refractivity (Wildman–Crippen MR) is 135 cm³/mol. The van der Waals surface area contributed by atoms with Gasteiger partial charge in [0.15, 0.2) is 0 Å². The van der Waals surface area contributed by atoms with E-state index in [1.807, 2.05) is 0 Å². The third-order valence-electron chi connectivity index (χ3n) is 13.4. The monoisotopic (exact) mass is 454 g/mol. The first-order chi connectivity index (χ1) is 15.4. The molecule has 0 saturated heterocycles. The summed E-state index contributed by atoms with van der Waals surface area (Å²) < 4.78 is 0. The molecule has 9 unspecified atom stereocenters. The van der Waals surface area contributed by atoms with E-state index in [1.54, 1.807) is 0 Å². The van der Waals surface area contributed by atoms with Gasteiger partial charge in [0, 0.05) is 17.3 Å². The Morgan fingerprint density at radius 3 is 2.24 bits per heavy atom. The second-order valence-electron chi connectivity index (χ2n) is 15.1. The average Bonchev–Trinajstić information content (AvgIpc) is 3.10. The molecule has 33 heavy (non-hydrogen) atoms. The molecule has 0 aliphatic heterocycles. The number of carbonyl (C=O) groups excluding carboxylic acids is 2. The molecule has 5 aliphatic rings. The Morgan fingerprint density at radius 2 is 1.58 bits per heavy atom. The summed E-state index contributed by atoms with van der Waals surface area (Å²) in [6, 6.07) is 0. The van der Waals surface area contributed by atoms with Crippen LogP contribution in [0.4, 0.5) is 0 Å². The molecule has 186 valence electrons. The second-order valence-corrected chi connectivity index (χ2v) is 15.1. The van der Waals surface area contributed by atoms with Gasteiger partial charge in [-0.05, 0) is 116 Å². The van der Waals surface area contributed by atoms with E-state index in [9.17, 15) is 9.59 Å². The summed E-state index contributed by atoms with van der Waals surface area (Å²) in [6.45, 7) is 17.1. The van der Waals surface area contributed by atoms with E-state index in [1.165, 1.54) is 51.2 Å². The van der Waals surface area contributed by atoms with Crippen molar-refractivity contribution in [2.45, 2.75) is 119 Å². The maximum atomic E-state index is 12.9. The van der Waals surface area contributed by atoms with Gasteiger partial charge in [-0.3, -0.25) is 4.79 Å². The van der Waals surface area contributed by atoms with Gasteiger partial charge in [-0.15, -0.1) is 0 Å². The Bertz CT molecular complexity index is 827. The lowest BCUT2D eigenvalue weighted by atomic mass is 9.32. The minimum atomic E-state index is -0.168. The standard InChI is InChI=1S/C31H50O2/c1-20(2)18-21-10-15-31(19-32)17-16-29(6)22(26(21)31)8-9-24-28(5)13-12-25(33)27(3,4)23(28)11-14-30(24,29)7/h19-24,26H,8-18H2,1-7H3. The zero-order chi connectivity index (χ0) is 24.0. The number of Topliss-reactive ketones (excluding diaryl/α,β-unsaturated/α-hetero) is 1. The molecule has 5 saturated carbocycles. The van der Waals surface area contributed by atoms with Crippen molar-refractivity contribution in [3.63, 3.8) is 0 Å². The number of hydrogen-bond donors (Lipinski definition) is 0. The van der Waals surface area contributed by atoms with Crippen molar-refractivity contribution in [1.82, 2.24) is 0 Å². The van der Waals surface area contributed by atoms with Crippen molar-refractivity contribution >= 4 is 12.1 Å². The minimum Gasteiger partial charge on any atom is -0.303 e. The maximum absolute atomic E-state index is 12.9. The number of aldehydes is 1. The molecule has 9 atom stereocenters. The van der Waals surface area contributed by atoms with E-state index in [0.29, 0.717) is 46.2 Å². The Balaban J connectivity index is 1.53. The Kier molecular flexibility index (Phi) is 5.41. The Labute approximate surface area is 203 Å². The second kappa shape index (κ2) is 7.42. The van der Waals surface area contributed by atoms with Crippen LogP contribution in [0.1, 0.15) is 119 Å². The summed E-state index contributed by atoms with van der Waals surface area (Å²) in [5.41, 5.74) is 0.737. The smallest absolute Gasteiger partial charge is 0.138 e. The molecule has 0 aromatic rings. The highest BCUT2D eigenvalue weighted by atomic mass is 16.1. The van der Waals surface area contributed by atoms with Crippen molar-refractivity contribution in [2.24, 2.45) is 62.6 Å². The van der Waals surface area contributed by atoms with E-state index < -0.39 is 0 Å². The third kappa shape index (κ3) is 2.97. The number of hydrogen-bond acceptors (Lipinski definition) is 2. The van der Waals surface area contributed by atoms with E-state index >= 15 is 0 Å². The lowest BCUT2D eigenvalue weighted by molar-refractivity contribution is -0.232. The van der Waals surface area contributed by atoms with Crippen molar-refractivity contribution in [3.8, 4) is 0 Å². The fourth-order valence-corrected chi connectivity index (χ4v) is 11.7. The van der Waals surface area contributed by atoms with Crippen molar-refractivity contribution < 1.29 is 9.59 Å². The van der Waals surface area contributed by atoms with Gasteiger partial charge >= 0.3 is 0 Å². The number of carbonyl (C=O) groups is 2. The van der Waals surface area contributed by atoms with Crippen LogP contribution >= 0.6 is 0 Å². The van der Waals surface area contributed by atoms with Crippen LogP contribution in [-0.2, 0) is 9.59 Å². The van der Waals surface area contributed by atoms with E-state index in [4.69, 9.17) is 0 Å². The molecule has 0 aromatic heterocycles. The van der Waals surface area contributed by atoms with Crippen molar-refractivity contribution in [1.29, 1.82) is 0 Å². The van der Waals surface area contributed by atoms with E-state index in [0.717, 1.165) is 31.6 Å². The van der Waals surface area contributed by atoms with Crippen LogP contribution in [0.3, 0.4) is 0 Å². The minimum absolute atomic E-state index is 0.0344. The molecule has 0 N–H and O–H groups in total. The molecule has 0 radical (unpaired) electrons. The van der Waals surface area contributed by atoms with E-state index in [2.05, 4.69) is 48.5 Å². The molecule has 0 aromatic carbocycles. The molecule has 2 heteroatoms. The Morgan fingerprint density at radius 1 is 0.848 bits per heavy atom. The average molecular weight is 455 g/mol. The molecule has 0 spiro atoms. The van der Waals surface area contributed by atoms with Crippen LogP contribution in [0.15, 0.2) is 0 Å². The molecule has 2 nitrogen and oxygen atoms in total. The van der Waals surface area contributed by atoms with Gasteiger partial charge in [-0.1, -0.05) is 48.5 Å². The molecular weight excluding hydrogens is 404 g/mol. The summed E-state index contributed by atoms with van der Waals surface area (Å²) in [5, 5.41) is 0. The largest absolute Gasteiger partial charge is 0.303 e. The summed E-state index contributed by atoms with van der Waals surface area (Å²) in [7, 11) is 0.